The first-order valence-corrected chi connectivity index (χ1v) is 10.2. The molecular formula is C18H20ClNO4S. The van der Waals surface area contributed by atoms with Crippen LogP contribution in [0.5, 0.6) is 5.75 Å². The Kier molecular flexibility index (Phi) is 6.84. The van der Waals surface area contributed by atoms with E-state index in [2.05, 4.69) is 5.32 Å². The quantitative estimate of drug-likeness (QED) is 0.757. The van der Waals surface area contributed by atoms with Crippen molar-refractivity contribution in [3.8, 4) is 5.75 Å². The van der Waals surface area contributed by atoms with Gasteiger partial charge in [0.25, 0.3) is 0 Å². The SMILES string of the molecule is CS(=O)(=O)CCCC(=O)Nc1ccc(OCc2ccc(Cl)cc2)cc1. The maximum absolute atomic E-state index is 11.8. The van der Waals surface area contributed by atoms with Crippen molar-refractivity contribution in [2.24, 2.45) is 0 Å². The molecule has 2 aromatic rings. The molecule has 0 heterocycles. The monoisotopic (exact) mass is 381 g/mol. The van der Waals surface area contributed by atoms with Gasteiger partial charge in [0.2, 0.25) is 5.91 Å². The van der Waals surface area contributed by atoms with Crippen LogP contribution in [0.1, 0.15) is 18.4 Å². The molecule has 2 rings (SSSR count). The molecule has 0 aliphatic rings. The number of sulfone groups is 1. The van der Waals surface area contributed by atoms with Crippen LogP contribution in [0.4, 0.5) is 5.69 Å². The van der Waals surface area contributed by atoms with E-state index < -0.39 is 9.84 Å². The Hall–Kier alpha value is -2.05. The van der Waals surface area contributed by atoms with E-state index in [1.165, 1.54) is 0 Å². The van der Waals surface area contributed by atoms with E-state index in [1.807, 2.05) is 24.3 Å². The molecular weight excluding hydrogens is 362 g/mol. The van der Waals surface area contributed by atoms with Crippen LogP contribution < -0.4 is 10.1 Å². The Morgan fingerprint density at radius 3 is 2.32 bits per heavy atom. The topological polar surface area (TPSA) is 72.5 Å². The molecule has 0 fully saturated rings. The van der Waals surface area contributed by atoms with Crippen molar-refractivity contribution in [3.05, 3.63) is 59.1 Å². The highest BCUT2D eigenvalue weighted by atomic mass is 35.5. The molecule has 0 spiro atoms. The van der Waals surface area contributed by atoms with Crippen LogP contribution in [-0.4, -0.2) is 26.3 Å². The lowest BCUT2D eigenvalue weighted by molar-refractivity contribution is -0.116. The van der Waals surface area contributed by atoms with E-state index in [9.17, 15) is 13.2 Å². The predicted octanol–water partition coefficient (Wildman–Crippen LogP) is 3.68. The Morgan fingerprint density at radius 2 is 1.72 bits per heavy atom. The van der Waals surface area contributed by atoms with Crippen molar-refractivity contribution in [1.82, 2.24) is 0 Å². The average molecular weight is 382 g/mol. The van der Waals surface area contributed by atoms with Gasteiger partial charge in [-0.25, -0.2) is 8.42 Å². The number of hydrogen-bond donors (Lipinski definition) is 1. The smallest absolute Gasteiger partial charge is 0.224 e. The van der Waals surface area contributed by atoms with Gasteiger partial charge in [-0.15, -0.1) is 0 Å². The number of amides is 1. The van der Waals surface area contributed by atoms with Crippen LogP contribution in [0.3, 0.4) is 0 Å². The third-order valence-corrected chi connectivity index (χ3v) is 4.66. The third-order valence-electron chi connectivity index (χ3n) is 3.38. The normalized spacial score (nSPS) is 11.1. The van der Waals surface area contributed by atoms with E-state index in [4.69, 9.17) is 16.3 Å². The fraction of sp³-hybridized carbons (Fsp3) is 0.278. The number of benzene rings is 2. The van der Waals surface area contributed by atoms with Gasteiger partial charge in [-0.1, -0.05) is 23.7 Å². The number of halogens is 1. The minimum Gasteiger partial charge on any atom is -0.489 e. The van der Waals surface area contributed by atoms with Gasteiger partial charge in [0.15, 0.2) is 0 Å². The van der Waals surface area contributed by atoms with Crippen LogP contribution in [-0.2, 0) is 21.2 Å². The predicted molar refractivity (Wildman–Crippen MR) is 99.8 cm³/mol. The zero-order valence-electron chi connectivity index (χ0n) is 13.9. The molecule has 25 heavy (non-hydrogen) atoms. The first-order valence-electron chi connectivity index (χ1n) is 7.77. The summed E-state index contributed by atoms with van der Waals surface area (Å²) in [7, 11) is -3.03. The molecule has 7 heteroatoms. The molecule has 0 aliphatic heterocycles. The van der Waals surface area contributed by atoms with Gasteiger partial charge in [0.05, 0.1) is 5.75 Å². The number of hydrogen-bond acceptors (Lipinski definition) is 4. The molecule has 1 N–H and O–H groups in total. The molecule has 0 atom stereocenters. The van der Waals surface area contributed by atoms with Crippen molar-refractivity contribution in [1.29, 1.82) is 0 Å². The fourth-order valence-electron chi connectivity index (χ4n) is 2.10. The average Bonchev–Trinajstić information content (AvgIpc) is 2.54. The maximum Gasteiger partial charge on any atom is 0.224 e. The number of rotatable bonds is 8. The molecule has 0 unspecified atom stereocenters. The van der Waals surface area contributed by atoms with Crippen molar-refractivity contribution in [3.63, 3.8) is 0 Å². The van der Waals surface area contributed by atoms with Crippen LogP contribution in [0, 0.1) is 0 Å². The second-order valence-electron chi connectivity index (χ2n) is 5.72. The Morgan fingerprint density at radius 1 is 1.08 bits per heavy atom. The van der Waals surface area contributed by atoms with Crippen molar-refractivity contribution in [2.45, 2.75) is 19.4 Å². The van der Waals surface area contributed by atoms with Gasteiger partial charge >= 0.3 is 0 Å². The number of carbonyl (C=O) groups is 1. The van der Waals surface area contributed by atoms with Gasteiger partial charge in [0.1, 0.15) is 22.2 Å². The molecule has 0 bridgehead atoms. The number of anilines is 1. The van der Waals surface area contributed by atoms with Crippen LogP contribution >= 0.6 is 11.6 Å². The second kappa shape index (κ2) is 8.87. The van der Waals surface area contributed by atoms with E-state index >= 15 is 0 Å². The summed E-state index contributed by atoms with van der Waals surface area (Å²) >= 11 is 5.84. The minimum absolute atomic E-state index is 0.0118. The summed E-state index contributed by atoms with van der Waals surface area (Å²) in [5.41, 5.74) is 1.65. The maximum atomic E-state index is 11.8. The lowest BCUT2D eigenvalue weighted by Crippen LogP contribution is -2.13. The Balaban J connectivity index is 1.79. The zero-order chi connectivity index (χ0) is 18.3. The van der Waals surface area contributed by atoms with Gasteiger partial charge in [-0.3, -0.25) is 4.79 Å². The molecule has 134 valence electrons. The Labute approximate surface area is 152 Å². The molecule has 2 aromatic carbocycles. The largest absolute Gasteiger partial charge is 0.489 e. The Bertz CT molecular complexity index is 802. The van der Waals surface area contributed by atoms with Crippen LogP contribution in [0.2, 0.25) is 5.02 Å². The van der Waals surface area contributed by atoms with Crippen molar-refractivity contribution >= 4 is 33.0 Å². The lowest BCUT2D eigenvalue weighted by atomic mass is 10.2. The second-order valence-corrected chi connectivity index (χ2v) is 8.42. The first kappa shape index (κ1) is 19.3. The summed E-state index contributed by atoms with van der Waals surface area (Å²) in [4.78, 5) is 11.8. The summed E-state index contributed by atoms with van der Waals surface area (Å²) in [6.07, 6.45) is 1.64. The van der Waals surface area contributed by atoms with E-state index in [0.29, 0.717) is 29.5 Å². The number of ether oxygens (including phenoxy) is 1. The number of carbonyl (C=O) groups excluding carboxylic acids is 1. The molecule has 0 saturated heterocycles. The molecule has 0 radical (unpaired) electrons. The fourth-order valence-corrected chi connectivity index (χ4v) is 2.89. The van der Waals surface area contributed by atoms with Gasteiger partial charge in [0, 0.05) is 23.4 Å². The van der Waals surface area contributed by atoms with E-state index in [0.717, 1.165) is 11.8 Å². The van der Waals surface area contributed by atoms with Crippen LogP contribution in [0.15, 0.2) is 48.5 Å². The summed E-state index contributed by atoms with van der Waals surface area (Å²) in [5, 5.41) is 3.41. The minimum atomic E-state index is -3.03. The molecule has 0 aliphatic carbocycles. The highest BCUT2D eigenvalue weighted by Gasteiger charge is 2.06. The molecule has 0 saturated carbocycles. The van der Waals surface area contributed by atoms with Crippen molar-refractivity contribution < 1.29 is 17.9 Å². The summed E-state index contributed by atoms with van der Waals surface area (Å²) in [5.74, 6) is 0.487. The van der Waals surface area contributed by atoms with E-state index in [1.54, 1.807) is 24.3 Å². The number of nitrogens with one attached hydrogen (secondary N) is 1. The van der Waals surface area contributed by atoms with Gasteiger partial charge in [-0.2, -0.15) is 0 Å². The van der Waals surface area contributed by atoms with Crippen molar-refractivity contribution in [2.75, 3.05) is 17.3 Å². The van der Waals surface area contributed by atoms with Crippen LogP contribution in [0.25, 0.3) is 0 Å². The van der Waals surface area contributed by atoms with Gasteiger partial charge < -0.3 is 10.1 Å². The zero-order valence-corrected chi connectivity index (χ0v) is 15.4. The summed E-state index contributed by atoms with van der Waals surface area (Å²) < 4.78 is 27.7. The van der Waals surface area contributed by atoms with Gasteiger partial charge in [-0.05, 0) is 48.4 Å². The summed E-state index contributed by atoms with van der Waals surface area (Å²) in [6.45, 7) is 0.425. The molecule has 0 aromatic heterocycles. The van der Waals surface area contributed by atoms with E-state index in [-0.39, 0.29) is 18.1 Å². The summed E-state index contributed by atoms with van der Waals surface area (Å²) in [6, 6.07) is 14.4. The highest BCUT2D eigenvalue weighted by Crippen LogP contribution is 2.18. The molecule has 1 amide bonds. The highest BCUT2D eigenvalue weighted by molar-refractivity contribution is 7.90. The molecule has 5 nitrogen and oxygen atoms in total. The lowest BCUT2D eigenvalue weighted by Gasteiger charge is -2.08. The first-order chi connectivity index (χ1) is 11.8. The standard InChI is InChI=1S/C18H20ClNO4S/c1-25(22,23)12-2-3-18(21)20-16-8-10-17(11-9-16)24-13-14-4-6-15(19)7-5-14/h4-11H,2-3,12-13H2,1H3,(H,20,21). The third kappa shape index (κ3) is 7.58.